The van der Waals surface area contributed by atoms with Crippen LogP contribution in [0.25, 0.3) is 0 Å². The number of aliphatic carboxylic acids is 1. The lowest BCUT2D eigenvalue weighted by molar-refractivity contribution is -0.155. The van der Waals surface area contributed by atoms with Crippen LogP contribution >= 0.6 is 0 Å². The van der Waals surface area contributed by atoms with Crippen molar-refractivity contribution in [1.82, 2.24) is 9.13 Å². The van der Waals surface area contributed by atoms with E-state index in [0.717, 1.165) is 16.8 Å². The van der Waals surface area contributed by atoms with E-state index in [1.54, 1.807) is 36.4 Å². The number of methoxy groups -OCH3 is 1. The standard InChI is InChI=1S/C24H20N2O9/c1-33-18-17(35-23(31)15-10-6-3-7-11-15)19(22(29)30)34-21(18)25-13-12-16(27)26(24(25)32)20(28)14-8-4-2-5-9-14/h2-13,17-19,21H,1H3,(H,29,30)/t17-,18?,19+,21-/m1/s1. The molecule has 4 rings (SSSR count). The lowest BCUT2D eigenvalue weighted by atomic mass is 10.1. The summed E-state index contributed by atoms with van der Waals surface area (Å²) in [4.78, 5) is 63.0. The number of aromatic nitrogens is 2. The van der Waals surface area contributed by atoms with E-state index in [0.29, 0.717) is 4.57 Å². The first-order valence-electron chi connectivity index (χ1n) is 10.4. The first kappa shape index (κ1) is 23.8. The van der Waals surface area contributed by atoms with Gasteiger partial charge in [-0.1, -0.05) is 36.4 Å². The minimum Gasteiger partial charge on any atom is -0.479 e. The maximum Gasteiger partial charge on any atom is 0.340 e. The average Bonchev–Trinajstić information content (AvgIpc) is 3.23. The largest absolute Gasteiger partial charge is 0.479 e. The second-order valence-electron chi connectivity index (χ2n) is 7.57. The van der Waals surface area contributed by atoms with E-state index in [2.05, 4.69) is 0 Å². The number of esters is 1. The zero-order valence-electron chi connectivity index (χ0n) is 18.3. The minimum atomic E-state index is -1.69. The summed E-state index contributed by atoms with van der Waals surface area (Å²) >= 11 is 0. The third-order valence-electron chi connectivity index (χ3n) is 5.47. The van der Waals surface area contributed by atoms with Gasteiger partial charge in [0.1, 0.15) is 6.10 Å². The Hall–Kier alpha value is -4.35. The van der Waals surface area contributed by atoms with Gasteiger partial charge in [0.15, 0.2) is 18.4 Å². The van der Waals surface area contributed by atoms with Crippen LogP contribution in [0, 0.1) is 0 Å². The summed E-state index contributed by atoms with van der Waals surface area (Å²) < 4.78 is 17.6. The molecule has 0 aliphatic carbocycles. The zero-order chi connectivity index (χ0) is 25.1. The summed E-state index contributed by atoms with van der Waals surface area (Å²) in [5.41, 5.74) is -1.68. The molecule has 1 aliphatic rings. The van der Waals surface area contributed by atoms with Gasteiger partial charge < -0.3 is 19.3 Å². The summed E-state index contributed by atoms with van der Waals surface area (Å²) in [6.07, 6.45) is -4.73. The van der Waals surface area contributed by atoms with Gasteiger partial charge in [-0.3, -0.25) is 14.2 Å². The molecule has 0 amide bonds. The summed E-state index contributed by atoms with van der Waals surface area (Å²) in [6.45, 7) is 0. The van der Waals surface area contributed by atoms with Crippen molar-refractivity contribution in [1.29, 1.82) is 0 Å². The summed E-state index contributed by atoms with van der Waals surface area (Å²) in [6, 6.07) is 16.6. The molecular formula is C24H20N2O9. The van der Waals surface area contributed by atoms with Crippen molar-refractivity contribution in [2.75, 3.05) is 7.11 Å². The number of carboxylic acids is 1. The molecular weight excluding hydrogens is 460 g/mol. The van der Waals surface area contributed by atoms with E-state index in [1.165, 1.54) is 31.4 Å². The molecule has 4 atom stereocenters. The lowest BCUT2D eigenvalue weighted by Crippen LogP contribution is -2.46. The molecule has 0 saturated carbocycles. The molecule has 0 spiro atoms. The van der Waals surface area contributed by atoms with Crippen LogP contribution in [0.3, 0.4) is 0 Å². The molecule has 11 nitrogen and oxygen atoms in total. The van der Waals surface area contributed by atoms with Crippen molar-refractivity contribution in [2.45, 2.75) is 24.5 Å². The first-order valence-corrected chi connectivity index (χ1v) is 10.4. The lowest BCUT2D eigenvalue weighted by Gasteiger charge is -2.23. The van der Waals surface area contributed by atoms with Gasteiger partial charge in [-0.25, -0.2) is 14.4 Å². The molecule has 1 aliphatic heterocycles. The molecule has 2 aromatic carbocycles. The third-order valence-corrected chi connectivity index (χ3v) is 5.47. The highest BCUT2D eigenvalue weighted by atomic mass is 16.6. The highest BCUT2D eigenvalue weighted by Gasteiger charge is 2.52. The number of hydrogen-bond acceptors (Lipinski definition) is 8. The van der Waals surface area contributed by atoms with E-state index >= 15 is 0 Å². The fourth-order valence-corrected chi connectivity index (χ4v) is 3.79. The summed E-state index contributed by atoms with van der Waals surface area (Å²) in [5, 5.41) is 9.68. The van der Waals surface area contributed by atoms with Crippen LogP contribution in [0.4, 0.5) is 0 Å². The number of nitrogens with zero attached hydrogens (tertiary/aromatic N) is 2. The van der Waals surface area contributed by atoms with Gasteiger partial charge in [-0.2, -0.15) is 4.57 Å². The minimum absolute atomic E-state index is 0.0955. The van der Waals surface area contributed by atoms with Crippen molar-refractivity contribution in [3.05, 3.63) is 105 Å². The van der Waals surface area contributed by atoms with Crippen LogP contribution in [0.15, 0.2) is 82.5 Å². The fraction of sp³-hybridized carbons (Fsp3) is 0.208. The molecule has 180 valence electrons. The van der Waals surface area contributed by atoms with Gasteiger partial charge in [0.25, 0.3) is 11.5 Å². The summed E-state index contributed by atoms with van der Waals surface area (Å²) in [7, 11) is 1.23. The maximum atomic E-state index is 13.2. The summed E-state index contributed by atoms with van der Waals surface area (Å²) in [5.74, 6) is -3.14. The Morgan fingerprint density at radius 3 is 2.06 bits per heavy atom. The Morgan fingerprint density at radius 2 is 1.49 bits per heavy atom. The van der Waals surface area contributed by atoms with Crippen molar-refractivity contribution in [2.24, 2.45) is 0 Å². The molecule has 11 heteroatoms. The van der Waals surface area contributed by atoms with E-state index in [-0.39, 0.29) is 11.1 Å². The van der Waals surface area contributed by atoms with Crippen LogP contribution in [-0.2, 0) is 19.0 Å². The Kier molecular flexibility index (Phi) is 6.71. The quantitative estimate of drug-likeness (QED) is 0.510. The number of ether oxygens (including phenoxy) is 3. The Bertz CT molecular complexity index is 1360. The van der Waals surface area contributed by atoms with Crippen LogP contribution in [0.5, 0.6) is 0 Å². The molecule has 3 aromatic rings. The number of carbonyl (C=O) groups excluding carboxylic acids is 2. The number of carbonyl (C=O) groups is 3. The van der Waals surface area contributed by atoms with Crippen LogP contribution in [0.2, 0.25) is 0 Å². The molecule has 1 unspecified atom stereocenters. The predicted molar refractivity (Wildman–Crippen MR) is 119 cm³/mol. The van der Waals surface area contributed by atoms with E-state index in [9.17, 15) is 29.1 Å². The molecule has 1 aromatic heterocycles. The monoisotopic (exact) mass is 480 g/mol. The van der Waals surface area contributed by atoms with Crippen LogP contribution < -0.4 is 11.2 Å². The fourth-order valence-electron chi connectivity index (χ4n) is 3.79. The number of rotatable bonds is 6. The van der Waals surface area contributed by atoms with Gasteiger partial charge in [-0.15, -0.1) is 0 Å². The highest BCUT2D eigenvalue weighted by molar-refractivity contribution is 5.95. The van der Waals surface area contributed by atoms with E-state index < -0.39 is 53.6 Å². The Labute approximate surface area is 197 Å². The van der Waals surface area contributed by atoms with Crippen molar-refractivity contribution in [3.63, 3.8) is 0 Å². The normalized spacial score (nSPS) is 21.4. The molecule has 1 fully saturated rings. The van der Waals surface area contributed by atoms with Gasteiger partial charge in [0.2, 0.25) is 0 Å². The van der Waals surface area contributed by atoms with Crippen molar-refractivity contribution >= 4 is 17.8 Å². The van der Waals surface area contributed by atoms with Crippen molar-refractivity contribution < 1.29 is 33.7 Å². The number of carboxylic acid groups (broad SMARTS) is 1. The van der Waals surface area contributed by atoms with Gasteiger partial charge in [0, 0.05) is 24.9 Å². The molecule has 35 heavy (non-hydrogen) atoms. The molecule has 0 radical (unpaired) electrons. The maximum absolute atomic E-state index is 13.2. The smallest absolute Gasteiger partial charge is 0.340 e. The molecule has 0 bridgehead atoms. The van der Waals surface area contributed by atoms with Gasteiger partial charge >= 0.3 is 17.6 Å². The number of benzene rings is 2. The zero-order valence-corrected chi connectivity index (χ0v) is 18.3. The second-order valence-corrected chi connectivity index (χ2v) is 7.57. The number of hydrogen-bond donors (Lipinski definition) is 1. The first-order chi connectivity index (χ1) is 16.8. The predicted octanol–water partition coefficient (Wildman–Crippen LogP) is 0.921. The highest BCUT2D eigenvalue weighted by Crippen LogP contribution is 2.33. The second kappa shape index (κ2) is 9.87. The van der Waals surface area contributed by atoms with E-state index in [4.69, 9.17) is 14.2 Å². The topological polar surface area (TPSA) is 143 Å². The van der Waals surface area contributed by atoms with Crippen LogP contribution in [-0.4, -0.2) is 57.5 Å². The average molecular weight is 480 g/mol. The van der Waals surface area contributed by atoms with E-state index in [1.807, 2.05) is 0 Å². The van der Waals surface area contributed by atoms with Gasteiger partial charge in [0.05, 0.1) is 5.56 Å². The Morgan fingerprint density at radius 1 is 0.886 bits per heavy atom. The van der Waals surface area contributed by atoms with Crippen LogP contribution in [0.1, 0.15) is 26.9 Å². The molecule has 1 N–H and O–H groups in total. The van der Waals surface area contributed by atoms with Crippen molar-refractivity contribution in [3.8, 4) is 0 Å². The Balaban J connectivity index is 1.72. The molecule has 2 heterocycles. The molecule has 1 saturated heterocycles. The third kappa shape index (κ3) is 4.54. The van der Waals surface area contributed by atoms with Gasteiger partial charge in [-0.05, 0) is 24.3 Å². The SMILES string of the molecule is COC1[C@@H](OC(=O)c2ccccc2)[C@@H](C(=O)O)O[C@H]1n1ccc(=O)n(C(=O)c2ccccc2)c1=O.